The number of alkyl halides is 3. The quantitative estimate of drug-likeness (QED) is 0.726. The van der Waals surface area contributed by atoms with Gasteiger partial charge in [0.2, 0.25) is 5.96 Å². The molecule has 0 saturated heterocycles. The van der Waals surface area contributed by atoms with E-state index in [2.05, 4.69) is 26.1 Å². The minimum absolute atomic E-state index is 0.00272. The van der Waals surface area contributed by atoms with Gasteiger partial charge in [0.1, 0.15) is 6.54 Å². The van der Waals surface area contributed by atoms with Gasteiger partial charge in [-0.2, -0.15) is 13.2 Å². The molecule has 0 spiro atoms. The second-order valence-electron chi connectivity index (χ2n) is 3.52. The summed E-state index contributed by atoms with van der Waals surface area (Å²) in [5.41, 5.74) is 3.73. The summed E-state index contributed by atoms with van der Waals surface area (Å²) >= 11 is 5.69. The molecule has 0 atom stereocenters. The van der Waals surface area contributed by atoms with E-state index in [1.807, 2.05) is 0 Å². The second-order valence-corrected chi connectivity index (χ2v) is 3.92. The maximum atomic E-state index is 12.4. The van der Waals surface area contributed by atoms with Gasteiger partial charge < -0.3 is 5.32 Å². The van der Waals surface area contributed by atoms with Gasteiger partial charge in [0, 0.05) is 6.20 Å². The highest BCUT2D eigenvalue weighted by Crippen LogP contribution is 2.32. The van der Waals surface area contributed by atoms with Gasteiger partial charge in [-0.15, -0.1) is 0 Å². The summed E-state index contributed by atoms with van der Waals surface area (Å²) in [7, 11) is 0. The number of halogens is 4. The Hall–Kier alpha value is -2.03. The maximum absolute atomic E-state index is 12.4. The number of hydrogen-bond donors (Lipinski definition) is 3. The number of anilines is 1. The third-order valence-corrected chi connectivity index (χ3v) is 2.39. The van der Waals surface area contributed by atoms with Gasteiger partial charge in [-0.05, 0) is 6.07 Å². The van der Waals surface area contributed by atoms with Crippen LogP contribution in [0.2, 0.25) is 5.02 Å². The number of nitrogens with one attached hydrogen (secondary N) is 3. The molecule has 0 fully saturated rings. The second kappa shape index (κ2) is 4.92. The van der Waals surface area contributed by atoms with Crippen molar-refractivity contribution in [2.24, 2.45) is 4.99 Å². The lowest BCUT2D eigenvalue weighted by molar-refractivity contribution is -0.137. The third kappa shape index (κ3) is 3.25. The van der Waals surface area contributed by atoms with Crippen LogP contribution in [0.25, 0.3) is 0 Å². The largest absolute Gasteiger partial charge is 0.417 e. The van der Waals surface area contributed by atoms with Crippen molar-refractivity contribution >= 4 is 29.3 Å². The molecular formula is C9H7ClF3N5O. The predicted octanol–water partition coefficient (Wildman–Crippen LogP) is 1.16. The minimum atomic E-state index is -4.51. The molecule has 2 rings (SSSR count). The van der Waals surface area contributed by atoms with Crippen LogP contribution >= 0.6 is 11.6 Å². The van der Waals surface area contributed by atoms with Gasteiger partial charge in [-0.1, -0.05) is 11.6 Å². The van der Waals surface area contributed by atoms with Crippen molar-refractivity contribution < 1.29 is 18.0 Å². The normalized spacial score (nSPS) is 15.4. The number of nitrogens with zero attached hydrogens (tertiary/aromatic N) is 2. The molecule has 6 nitrogen and oxygen atoms in total. The molecule has 3 N–H and O–H groups in total. The predicted molar refractivity (Wildman–Crippen MR) is 61.5 cm³/mol. The molecule has 1 amide bonds. The molecule has 0 aromatic carbocycles. The Morgan fingerprint density at radius 2 is 2.11 bits per heavy atom. The highest BCUT2D eigenvalue weighted by molar-refractivity contribution is 6.33. The van der Waals surface area contributed by atoms with Gasteiger partial charge in [0.05, 0.1) is 10.6 Å². The van der Waals surface area contributed by atoms with Crippen molar-refractivity contribution in [3.8, 4) is 0 Å². The number of carbonyl (C=O) groups is 1. The number of pyridine rings is 1. The third-order valence-electron chi connectivity index (χ3n) is 2.11. The molecule has 19 heavy (non-hydrogen) atoms. The zero-order valence-electron chi connectivity index (χ0n) is 9.18. The fraction of sp³-hybridized carbons (Fsp3) is 0.222. The van der Waals surface area contributed by atoms with Crippen LogP contribution in [0, 0.1) is 0 Å². The number of aromatic nitrogens is 1. The number of carbonyl (C=O) groups excluding carboxylic acids is 1. The number of hydrogen-bond acceptors (Lipinski definition) is 5. The monoisotopic (exact) mass is 293 g/mol. The standard InChI is InChI=1S/C9H7ClF3N5O/c10-5-1-4(9(11,12)13)2-14-7(5)16-8-15-3-6(19)17-18-8/h1-2H,3H2,(H,17,19)(H2,14,15,16,18). The summed E-state index contributed by atoms with van der Waals surface area (Å²) in [5, 5.41) is 2.35. The number of rotatable bonds is 1. The molecule has 1 aromatic heterocycles. The maximum Gasteiger partial charge on any atom is 0.417 e. The first-order chi connectivity index (χ1) is 8.86. The van der Waals surface area contributed by atoms with Crippen molar-refractivity contribution in [3.63, 3.8) is 0 Å². The van der Waals surface area contributed by atoms with E-state index in [4.69, 9.17) is 11.6 Å². The molecule has 102 valence electrons. The minimum Gasteiger partial charge on any atom is -0.308 e. The van der Waals surface area contributed by atoms with Crippen molar-refractivity contribution in [1.82, 2.24) is 15.8 Å². The molecule has 10 heteroatoms. The molecular weight excluding hydrogens is 287 g/mol. The van der Waals surface area contributed by atoms with Gasteiger partial charge in [-0.3, -0.25) is 15.6 Å². The fourth-order valence-electron chi connectivity index (χ4n) is 1.23. The summed E-state index contributed by atoms with van der Waals surface area (Å²) in [6.45, 7) is -0.104. The van der Waals surface area contributed by atoms with Gasteiger partial charge in [0.15, 0.2) is 5.82 Å². The first-order valence-electron chi connectivity index (χ1n) is 4.95. The zero-order chi connectivity index (χ0) is 14.0. The van der Waals surface area contributed by atoms with E-state index in [1.54, 1.807) is 0 Å². The van der Waals surface area contributed by atoms with Crippen molar-refractivity contribution in [2.45, 2.75) is 6.18 Å². The summed E-state index contributed by atoms with van der Waals surface area (Å²) in [6.07, 6.45) is -3.86. The molecule has 0 saturated carbocycles. The van der Waals surface area contributed by atoms with E-state index in [-0.39, 0.29) is 29.3 Å². The van der Waals surface area contributed by atoms with Crippen LogP contribution in [-0.4, -0.2) is 23.4 Å². The molecule has 1 aliphatic rings. The molecule has 1 aromatic rings. The smallest absolute Gasteiger partial charge is 0.308 e. The summed E-state index contributed by atoms with van der Waals surface area (Å²) in [6, 6.07) is 0.749. The first-order valence-corrected chi connectivity index (χ1v) is 5.33. The highest BCUT2D eigenvalue weighted by atomic mass is 35.5. The van der Waals surface area contributed by atoms with E-state index in [9.17, 15) is 18.0 Å². The van der Waals surface area contributed by atoms with Crippen molar-refractivity contribution in [1.29, 1.82) is 0 Å². The van der Waals surface area contributed by atoms with E-state index < -0.39 is 11.7 Å². The van der Waals surface area contributed by atoms with Crippen LogP contribution in [0.15, 0.2) is 17.3 Å². The molecule has 2 heterocycles. The van der Waals surface area contributed by atoms with Gasteiger partial charge >= 0.3 is 6.18 Å². The van der Waals surface area contributed by atoms with E-state index in [1.165, 1.54) is 0 Å². The SMILES string of the molecule is O=C1CN=C(Nc2ncc(C(F)(F)F)cc2Cl)NN1. The Morgan fingerprint density at radius 1 is 1.37 bits per heavy atom. The van der Waals surface area contributed by atoms with Gasteiger partial charge in [-0.25, -0.2) is 9.98 Å². The number of guanidine groups is 1. The molecule has 0 bridgehead atoms. The lowest BCUT2D eigenvalue weighted by Crippen LogP contribution is -2.49. The van der Waals surface area contributed by atoms with Crippen LogP contribution in [-0.2, 0) is 11.0 Å². The van der Waals surface area contributed by atoms with Crippen LogP contribution in [0.3, 0.4) is 0 Å². The first kappa shape index (κ1) is 13.4. The van der Waals surface area contributed by atoms with Crippen LogP contribution in [0.5, 0.6) is 0 Å². The van der Waals surface area contributed by atoms with Crippen molar-refractivity contribution in [2.75, 3.05) is 11.9 Å². The molecule has 1 aliphatic heterocycles. The highest BCUT2D eigenvalue weighted by Gasteiger charge is 2.31. The molecule has 0 radical (unpaired) electrons. The van der Waals surface area contributed by atoms with Gasteiger partial charge in [0.25, 0.3) is 5.91 Å². The van der Waals surface area contributed by atoms with E-state index in [0.29, 0.717) is 6.20 Å². The Labute approximate surface area is 110 Å². The summed E-state index contributed by atoms with van der Waals surface area (Å²) in [5.74, 6) is -0.206. The lowest BCUT2D eigenvalue weighted by atomic mass is 10.3. The average molecular weight is 294 g/mol. The lowest BCUT2D eigenvalue weighted by Gasteiger charge is -2.17. The Bertz CT molecular complexity index is 545. The Balaban J connectivity index is 2.16. The average Bonchev–Trinajstić information content (AvgIpc) is 2.33. The Kier molecular flexibility index (Phi) is 3.47. The Morgan fingerprint density at radius 3 is 2.63 bits per heavy atom. The van der Waals surface area contributed by atoms with E-state index >= 15 is 0 Å². The molecule has 0 aliphatic carbocycles. The topological polar surface area (TPSA) is 78.4 Å². The number of aliphatic imine (C=N–C) groups is 1. The molecule has 0 unspecified atom stereocenters. The van der Waals surface area contributed by atoms with Crippen molar-refractivity contribution in [3.05, 3.63) is 22.8 Å². The zero-order valence-corrected chi connectivity index (χ0v) is 9.93. The fourth-order valence-corrected chi connectivity index (χ4v) is 1.44. The summed E-state index contributed by atoms with van der Waals surface area (Å²) < 4.78 is 37.2. The van der Waals surface area contributed by atoms with Crippen LogP contribution < -0.4 is 16.2 Å². The van der Waals surface area contributed by atoms with E-state index in [0.717, 1.165) is 6.07 Å². The number of amides is 1. The van der Waals surface area contributed by atoms with Crippen LogP contribution in [0.4, 0.5) is 19.0 Å². The summed E-state index contributed by atoms with van der Waals surface area (Å²) in [4.78, 5) is 18.1. The number of hydrazine groups is 1. The van der Waals surface area contributed by atoms with Crippen LogP contribution in [0.1, 0.15) is 5.56 Å².